The number of amides is 2. The number of halogens is 8. The first-order valence-electron chi connectivity index (χ1n) is 14.2. The molecule has 1 saturated carbocycles. The summed E-state index contributed by atoms with van der Waals surface area (Å²) >= 11 is 0. The first-order chi connectivity index (χ1) is 20.8. The van der Waals surface area contributed by atoms with Crippen molar-refractivity contribution in [1.29, 1.82) is 0 Å². The fourth-order valence-electron chi connectivity index (χ4n) is 7.34. The van der Waals surface area contributed by atoms with Gasteiger partial charge in [0.15, 0.2) is 9.84 Å². The zero-order valence-corrected chi connectivity index (χ0v) is 24.6. The van der Waals surface area contributed by atoms with Gasteiger partial charge in [-0.15, -0.1) is 0 Å². The number of rotatable bonds is 5. The highest BCUT2D eigenvalue weighted by Crippen LogP contribution is 2.56. The maximum Gasteiger partial charge on any atom is 0.436 e. The molecule has 2 unspecified atom stereocenters. The third-order valence-corrected chi connectivity index (χ3v) is 12.2. The van der Waals surface area contributed by atoms with E-state index in [2.05, 4.69) is 4.98 Å². The van der Waals surface area contributed by atoms with Gasteiger partial charge in [0.25, 0.3) is 0 Å². The van der Waals surface area contributed by atoms with E-state index >= 15 is 0 Å². The Kier molecular flexibility index (Phi) is 8.01. The molecule has 5 rings (SSSR count). The minimum atomic E-state index is -6.41. The number of sulfone groups is 1. The zero-order chi connectivity index (χ0) is 33.3. The number of aryl methyl sites for hydroxylation is 1. The zero-order valence-electron chi connectivity index (χ0n) is 23.8. The highest BCUT2D eigenvalue weighted by atomic mass is 32.2. The predicted octanol–water partition coefficient (Wildman–Crippen LogP) is 5.26. The summed E-state index contributed by atoms with van der Waals surface area (Å²) < 4.78 is 137. The van der Waals surface area contributed by atoms with Gasteiger partial charge in [0.05, 0.1) is 16.6 Å². The van der Waals surface area contributed by atoms with E-state index in [-0.39, 0.29) is 49.2 Å². The fourth-order valence-corrected chi connectivity index (χ4v) is 9.66. The molecule has 1 aromatic heterocycles. The van der Waals surface area contributed by atoms with Gasteiger partial charge >= 0.3 is 18.0 Å². The Balaban J connectivity index is 1.63. The lowest BCUT2D eigenvalue weighted by Gasteiger charge is -2.43. The SMILES string of the molecule is C[C@H]1C[C@H](C(N)=O)CC[C@H]1C(=O)N1CCC2(S(=O)(=O)c3ccc(F)cc3)c3ncc(C(F)(C(F)(F)F)C(F)(F)F)cc3CCC12. The second-order valence-corrected chi connectivity index (χ2v) is 14.3. The topological polar surface area (TPSA) is 110 Å². The molecule has 2 N–H and O–H groups in total. The number of alkyl halides is 7. The van der Waals surface area contributed by atoms with Crippen LogP contribution in [0.15, 0.2) is 41.4 Å². The predicted molar refractivity (Wildman–Crippen MR) is 142 cm³/mol. The van der Waals surface area contributed by atoms with Crippen LogP contribution in [0.5, 0.6) is 0 Å². The van der Waals surface area contributed by atoms with Gasteiger partial charge in [-0.25, -0.2) is 17.2 Å². The molecule has 0 spiro atoms. The molecule has 1 aliphatic heterocycles. The third-order valence-electron chi connectivity index (χ3n) is 9.65. The molecule has 2 amide bonds. The van der Waals surface area contributed by atoms with Crippen LogP contribution in [-0.2, 0) is 36.3 Å². The molecule has 1 saturated heterocycles. The van der Waals surface area contributed by atoms with Gasteiger partial charge in [0.1, 0.15) is 10.6 Å². The van der Waals surface area contributed by atoms with Crippen LogP contribution in [0, 0.1) is 23.6 Å². The number of nitrogens with zero attached hydrogens (tertiary/aromatic N) is 2. The number of aromatic nitrogens is 1. The van der Waals surface area contributed by atoms with E-state index in [0.29, 0.717) is 25.3 Å². The number of hydrogen-bond acceptors (Lipinski definition) is 5. The van der Waals surface area contributed by atoms with Crippen LogP contribution in [-0.4, -0.2) is 55.1 Å². The van der Waals surface area contributed by atoms with Crippen LogP contribution < -0.4 is 5.73 Å². The molecule has 3 aliphatic rings. The average Bonchev–Trinajstić information content (AvgIpc) is 3.37. The van der Waals surface area contributed by atoms with E-state index in [9.17, 15) is 53.1 Å². The smallest absolute Gasteiger partial charge is 0.369 e. The molecule has 1 aromatic carbocycles. The number of hydrogen-bond donors (Lipinski definition) is 1. The van der Waals surface area contributed by atoms with Crippen LogP contribution in [0.1, 0.15) is 55.8 Å². The van der Waals surface area contributed by atoms with Crippen molar-refractivity contribution in [1.82, 2.24) is 9.88 Å². The monoisotopic (exact) mass is 667 g/mol. The van der Waals surface area contributed by atoms with E-state index in [0.717, 1.165) is 24.3 Å². The minimum Gasteiger partial charge on any atom is -0.369 e. The molecule has 45 heavy (non-hydrogen) atoms. The Morgan fingerprint density at radius 3 is 2.18 bits per heavy atom. The van der Waals surface area contributed by atoms with Gasteiger partial charge in [-0.2, -0.15) is 26.3 Å². The number of nitrogens with two attached hydrogens (primary N) is 1. The molecule has 2 fully saturated rings. The van der Waals surface area contributed by atoms with Crippen molar-refractivity contribution in [2.75, 3.05) is 6.54 Å². The van der Waals surface area contributed by atoms with Crippen molar-refractivity contribution in [3.8, 4) is 0 Å². The normalized spacial score (nSPS) is 27.5. The fraction of sp³-hybridized carbons (Fsp3) is 0.552. The molecule has 0 radical (unpaired) electrons. The second-order valence-electron chi connectivity index (χ2n) is 12.1. The number of primary amides is 1. The van der Waals surface area contributed by atoms with E-state index in [4.69, 9.17) is 5.73 Å². The Morgan fingerprint density at radius 1 is 1.00 bits per heavy atom. The lowest BCUT2D eigenvalue weighted by Crippen LogP contribution is -2.54. The van der Waals surface area contributed by atoms with Crippen molar-refractivity contribution >= 4 is 21.7 Å². The number of fused-ring (bicyclic) bond motifs is 3. The molecular weight excluding hydrogens is 638 g/mol. The van der Waals surface area contributed by atoms with Gasteiger partial charge in [0, 0.05) is 30.1 Å². The van der Waals surface area contributed by atoms with Crippen molar-refractivity contribution in [2.45, 2.75) is 79.2 Å². The molecule has 2 heterocycles. The Bertz CT molecular complexity index is 1600. The van der Waals surface area contributed by atoms with Gasteiger partial charge in [-0.1, -0.05) is 6.92 Å². The largest absolute Gasteiger partial charge is 0.436 e. The van der Waals surface area contributed by atoms with Crippen molar-refractivity contribution in [2.24, 2.45) is 23.5 Å². The molecule has 0 bridgehead atoms. The maximum atomic E-state index is 15.0. The van der Waals surface area contributed by atoms with Crippen molar-refractivity contribution in [3.63, 3.8) is 0 Å². The summed E-state index contributed by atoms with van der Waals surface area (Å²) in [6.07, 6.45) is -12.6. The Hall–Kier alpha value is -3.30. The average molecular weight is 668 g/mol. The highest BCUT2D eigenvalue weighted by Gasteiger charge is 2.74. The summed E-state index contributed by atoms with van der Waals surface area (Å²) in [4.78, 5) is 30.4. The number of likely N-dealkylation sites (tertiary alicyclic amines) is 1. The van der Waals surface area contributed by atoms with Crippen molar-refractivity contribution in [3.05, 3.63) is 59.2 Å². The van der Waals surface area contributed by atoms with Crippen molar-refractivity contribution < 1.29 is 53.1 Å². The van der Waals surface area contributed by atoms with E-state index in [1.165, 1.54) is 4.90 Å². The van der Waals surface area contributed by atoms with Gasteiger partial charge < -0.3 is 10.6 Å². The van der Waals surface area contributed by atoms with Crippen LogP contribution in [0.4, 0.5) is 35.1 Å². The molecule has 16 heteroatoms. The summed E-state index contributed by atoms with van der Waals surface area (Å²) in [5, 5.41) is 0. The molecule has 7 nitrogen and oxygen atoms in total. The van der Waals surface area contributed by atoms with Gasteiger partial charge in [-0.3, -0.25) is 14.6 Å². The molecule has 246 valence electrons. The summed E-state index contributed by atoms with van der Waals surface area (Å²) in [5.41, 5.74) is -2.91. The first kappa shape index (κ1) is 33.1. The number of pyridine rings is 1. The van der Waals surface area contributed by atoms with Crippen LogP contribution in [0.3, 0.4) is 0 Å². The first-order valence-corrected chi connectivity index (χ1v) is 15.7. The summed E-state index contributed by atoms with van der Waals surface area (Å²) in [5.74, 6) is -3.02. The van der Waals surface area contributed by atoms with E-state index in [1.54, 1.807) is 6.92 Å². The maximum absolute atomic E-state index is 15.0. The molecule has 5 atom stereocenters. The molecule has 2 aliphatic carbocycles. The summed E-state index contributed by atoms with van der Waals surface area (Å²) in [7, 11) is -4.65. The van der Waals surface area contributed by atoms with Gasteiger partial charge in [0.2, 0.25) is 11.8 Å². The summed E-state index contributed by atoms with van der Waals surface area (Å²) in [6.45, 7) is 1.62. The summed E-state index contributed by atoms with van der Waals surface area (Å²) in [6, 6.07) is 2.89. The highest BCUT2D eigenvalue weighted by molar-refractivity contribution is 7.92. The Morgan fingerprint density at radius 2 is 1.62 bits per heavy atom. The Labute approximate surface area is 253 Å². The number of carbonyl (C=O) groups excluding carboxylic acids is 2. The number of carbonyl (C=O) groups is 2. The number of benzene rings is 1. The second kappa shape index (κ2) is 10.9. The molecule has 2 aromatic rings. The van der Waals surface area contributed by atoms with E-state index < -0.39 is 78.6 Å². The molecular formula is C29H29F8N3O4S. The quantitative estimate of drug-likeness (QED) is 0.346. The van der Waals surface area contributed by atoms with Gasteiger partial charge in [-0.05, 0) is 80.3 Å². The minimum absolute atomic E-state index is 0.0434. The van der Waals surface area contributed by atoms with Crippen LogP contribution >= 0.6 is 0 Å². The third kappa shape index (κ3) is 4.97. The lowest BCUT2D eigenvalue weighted by molar-refractivity contribution is -0.348. The van der Waals surface area contributed by atoms with Crippen LogP contribution in [0.2, 0.25) is 0 Å². The van der Waals surface area contributed by atoms with E-state index in [1.807, 2.05) is 0 Å². The lowest BCUT2D eigenvalue weighted by atomic mass is 9.73. The standard InChI is InChI=1S/C29H29F8N3O4S/c1-15-12-17(24(38)41)2-8-21(15)25(42)40-11-10-26(45(43,44)20-6-4-19(30)5-7-20)22(40)9-3-16-13-18(14-39-23(16)26)27(31,28(32,33)34)29(35,36)37/h4-7,13-15,17,21-22H,2-3,8-12H2,1H3,(H2,38,41)/t15-,17+,21+,22?,26?/m0/s1. The van der Waals surface area contributed by atoms with Crippen LogP contribution in [0.25, 0.3) is 0 Å².